The third kappa shape index (κ3) is 3.24. The second-order valence-electron chi connectivity index (χ2n) is 4.53. The Morgan fingerprint density at radius 2 is 2.30 bits per heavy atom. The van der Waals surface area contributed by atoms with Crippen LogP contribution in [0.5, 0.6) is 0 Å². The molecule has 2 aromatic rings. The highest BCUT2D eigenvalue weighted by Gasteiger charge is 2.21. The molecule has 7 heteroatoms. The quantitative estimate of drug-likeness (QED) is 0.822. The predicted molar refractivity (Wildman–Crippen MR) is 71.4 cm³/mol. The predicted octanol–water partition coefficient (Wildman–Crippen LogP) is 1.42. The Labute approximate surface area is 116 Å². The highest BCUT2D eigenvalue weighted by molar-refractivity contribution is 5.79. The molecule has 0 spiro atoms. The fourth-order valence-corrected chi connectivity index (χ4v) is 1.87. The monoisotopic (exact) mass is 278 g/mol. The van der Waals surface area contributed by atoms with Crippen LogP contribution in [-0.2, 0) is 11.3 Å². The van der Waals surface area contributed by atoms with Crippen LogP contribution in [0, 0.1) is 0 Å². The maximum Gasteiger partial charge on any atom is 0.283 e. The van der Waals surface area contributed by atoms with Crippen molar-refractivity contribution in [2.75, 3.05) is 6.54 Å². The summed E-state index contributed by atoms with van der Waals surface area (Å²) in [4.78, 5) is 13.2. The smallest absolute Gasteiger partial charge is 0.283 e. The van der Waals surface area contributed by atoms with Crippen molar-refractivity contribution in [2.24, 2.45) is 5.73 Å². The molecule has 20 heavy (non-hydrogen) atoms. The van der Waals surface area contributed by atoms with Gasteiger partial charge in [0.1, 0.15) is 0 Å². The second-order valence-corrected chi connectivity index (χ2v) is 4.53. The van der Waals surface area contributed by atoms with E-state index < -0.39 is 0 Å². The lowest BCUT2D eigenvalue weighted by atomic mass is 10.2. The Balaban J connectivity index is 2.09. The van der Waals surface area contributed by atoms with Crippen LogP contribution < -0.4 is 5.73 Å². The van der Waals surface area contributed by atoms with Crippen molar-refractivity contribution in [1.29, 1.82) is 0 Å². The number of nitrogens with two attached hydrogens (primary N) is 1. The molecule has 0 aliphatic heterocycles. The van der Waals surface area contributed by atoms with Crippen LogP contribution in [0.1, 0.15) is 26.2 Å². The topological polar surface area (TPSA) is 98.4 Å². The number of amides is 1. The van der Waals surface area contributed by atoms with Crippen molar-refractivity contribution in [1.82, 2.24) is 15.1 Å². The lowest BCUT2D eigenvalue weighted by molar-refractivity contribution is -0.123. The molecule has 1 amide bonds. The van der Waals surface area contributed by atoms with E-state index in [-0.39, 0.29) is 11.9 Å². The van der Waals surface area contributed by atoms with Crippen LogP contribution in [0.25, 0.3) is 11.7 Å². The first-order chi connectivity index (χ1) is 9.61. The van der Waals surface area contributed by atoms with E-state index >= 15 is 0 Å². The first-order valence-electron chi connectivity index (χ1n) is 6.51. The maximum atomic E-state index is 11.3. The van der Waals surface area contributed by atoms with E-state index in [0.717, 1.165) is 13.0 Å². The van der Waals surface area contributed by atoms with Gasteiger partial charge in [-0.05, 0) is 32.0 Å². The number of nitrogens with zero attached hydrogens (tertiary/aromatic N) is 3. The number of furan rings is 1. The van der Waals surface area contributed by atoms with E-state index in [1.807, 2.05) is 11.8 Å². The van der Waals surface area contributed by atoms with E-state index in [0.29, 0.717) is 24.1 Å². The van der Waals surface area contributed by atoms with Gasteiger partial charge in [-0.2, -0.15) is 0 Å². The molecule has 0 radical (unpaired) electrons. The third-order valence-corrected chi connectivity index (χ3v) is 3.01. The van der Waals surface area contributed by atoms with Gasteiger partial charge in [0.15, 0.2) is 5.76 Å². The third-order valence-electron chi connectivity index (χ3n) is 3.01. The lowest BCUT2D eigenvalue weighted by Gasteiger charge is -2.24. The molecule has 0 saturated carbocycles. The molecule has 0 bridgehead atoms. The first-order valence-corrected chi connectivity index (χ1v) is 6.51. The van der Waals surface area contributed by atoms with Gasteiger partial charge in [-0.3, -0.25) is 9.69 Å². The zero-order valence-electron chi connectivity index (χ0n) is 11.6. The number of primary amides is 1. The van der Waals surface area contributed by atoms with Gasteiger partial charge in [-0.15, -0.1) is 10.2 Å². The number of rotatable bonds is 7. The fraction of sp³-hybridized carbons (Fsp3) is 0.462. The summed E-state index contributed by atoms with van der Waals surface area (Å²) in [5, 5.41) is 7.89. The molecular weight excluding hydrogens is 260 g/mol. The Hall–Kier alpha value is -2.15. The number of hydrogen-bond donors (Lipinski definition) is 1. The van der Waals surface area contributed by atoms with E-state index in [1.165, 1.54) is 6.26 Å². The summed E-state index contributed by atoms with van der Waals surface area (Å²) in [7, 11) is 0. The minimum absolute atomic E-state index is 0.327. The molecule has 1 atom stereocenters. The minimum Gasteiger partial charge on any atom is -0.459 e. The largest absolute Gasteiger partial charge is 0.459 e. The van der Waals surface area contributed by atoms with Crippen LogP contribution in [0.15, 0.2) is 27.2 Å². The Bertz CT molecular complexity index is 550. The van der Waals surface area contributed by atoms with Crippen LogP contribution in [-0.4, -0.2) is 33.6 Å². The molecule has 2 aromatic heterocycles. The zero-order chi connectivity index (χ0) is 14.5. The van der Waals surface area contributed by atoms with Crippen LogP contribution in [0.4, 0.5) is 0 Å². The van der Waals surface area contributed by atoms with Crippen LogP contribution in [0.3, 0.4) is 0 Å². The molecule has 0 saturated heterocycles. The summed E-state index contributed by atoms with van der Waals surface area (Å²) >= 11 is 0. The van der Waals surface area contributed by atoms with Gasteiger partial charge in [-0.1, -0.05) is 6.92 Å². The standard InChI is InChI=1S/C13H18N4O3/c1-3-6-17(9(2)12(14)18)8-11-15-16-13(20-11)10-5-4-7-19-10/h4-5,7,9H,3,6,8H2,1-2H3,(H2,14,18)/t9-/m1/s1. The highest BCUT2D eigenvalue weighted by atomic mass is 16.4. The van der Waals surface area contributed by atoms with Gasteiger partial charge in [0.05, 0.1) is 18.8 Å². The van der Waals surface area contributed by atoms with Crippen molar-refractivity contribution in [3.63, 3.8) is 0 Å². The van der Waals surface area contributed by atoms with Gasteiger partial charge >= 0.3 is 0 Å². The number of hydrogen-bond acceptors (Lipinski definition) is 6. The molecule has 7 nitrogen and oxygen atoms in total. The second kappa shape index (κ2) is 6.33. The van der Waals surface area contributed by atoms with Crippen molar-refractivity contribution >= 4 is 5.91 Å². The Morgan fingerprint density at radius 3 is 2.90 bits per heavy atom. The first kappa shape index (κ1) is 14.3. The molecule has 0 fully saturated rings. The summed E-state index contributed by atoms with van der Waals surface area (Å²) in [5.41, 5.74) is 5.34. The molecule has 2 heterocycles. The van der Waals surface area contributed by atoms with Gasteiger partial charge in [0.2, 0.25) is 11.8 Å². The van der Waals surface area contributed by atoms with Crippen molar-refractivity contribution in [2.45, 2.75) is 32.9 Å². The minimum atomic E-state index is -0.381. The maximum absolute atomic E-state index is 11.3. The molecule has 0 aliphatic rings. The normalized spacial score (nSPS) is 12.8. The number of carbonyl (C=O) groups is 1. The van der Waals surface area contributed by atoms with Gasteiger partial charge < -0.3 is 14.6 Å². The zero-order valence-corrected chi connectivity index (χ0v) is 11.6. The van der Waals surface area contributed by atoms with E-state index in [2.05, 4.69) is 10.2 Å². The average molecular weight is 278 g/mol. The van der Waals surface area contributed by atoms with Gasteiger partial charge in [-0.25, -0.2) is 0 Å². The molecule has 0 aliphatic carbocycles. The molecule has 2 rings (SSSR count). The lowest BCUT2D eigenvalue weighted by Crippen LogP contribution is -2.42. The summed E-state index contributed by atoms with van der Waals surface area (Å²) in [6, 6.07) is 3.11. The Kier molecular flexibility index (Phi) is 4.52. The molecule has 108 valence electrons. The molecular formula is C13H18N4O3. The van der Waals surface area contributed by atoms with E-state index in [9.17, 15) is 4.79 Å². The SMILES string of the molecule is CCCN(Cc1nnc(-c2ccco2)o1)[C@H](C)C(N)=O. The Morgan fingerprint density at radius 1 is 1.50 bits per heavy atom. The van der Waals surface area contributed by atoms with Crippen molar-refractivity contribution in [3.8, 4) is 11.7 Å². The average Bonchev–Trinajstić information content (AvgIpc) is 3.07. The summed E-state index contributed by atoms with van der Waals surface area (Å²) in [6.45, 7) is 4.90. The van der Waals surface area contributed by atoms with Gasteiger partial charge in [0.25, 0.3) is 5.89 Å². The van der Waals surface area contributed by atoms with Crippen LogP contribution >= 0.6 is 0 Å². The number of carbonyl (C=O) groups excluding carboxylic acids is 1. The number of aromatic nitrogens is 2. The molecule has 0 unspecified atom stereocenters. The van der Waals surface area contributed by atoms with Crippen molar-refractivity contribution < 1.29 is 13.6 Å². The fourth-order valence-electron chi connectivity index (χ4n) is 1.87. The van der Waals surface area contributed by atoms with E-state index in [4.69, 9.17) is 14.6 Å². The summed E-state index contributed by atoms with van der Waals surface area (Å²) in [6.07, 6.45) is 2.44. The van der Waals surface area contributed by atoms with E-state index in [1.54, 1.807) is 19.1 Å². The summed E-state index contributed by atoms with van der Waals surface area (Å²) < 4.78 is 10.7. The molecule has 0 aromatic carbocycles. The van der Waals surface area contributed by atoms with Gasteiger partial charge in [0, 0.05) is 0 Å². The molecule has 2 N–H and O–H groups in total. The van der Waals surface area contributed by atoms with Crippen molar-refractivity contribution in [3.05, 3.63) is 24.3 Å². The van der Waals surface area contributed by atoms with Crippen LogP contribution in [0.2, 0.25) is 0 Å². The highest BCUT2D eigenvalue weighted by Crippen LogP contribution is 2.19. The summed E-state index contributed by atoms with van der Waals surface area (Å²) in [5.74, 6) is 0.907.